The highest BCUT2D eigenvalue weighted by atomic mass is 16.5. The van der Waals surface area contributed by atoms with Crippen LogP contribution in [0.4, 0.5) is 0 Å². The summed E-state index contributed by atoms with van der Waals surface area (Å²) in [6.07, 6.45) is 7.62. The fraction of sp³-hybridized carbons (Fsp3) is 0.846. The molecule has 1 unspecified atom stereocenters. The van der Waals surface area contributed by atoms with E-state index in [2.05, 4.69) is 10.1 Å². The summed E-state index contributed by atoms with van der Waals surface area (Å²) >= 11 is 0. The van der Waals surface area contributed by atoms with Gasteiger partial charge in [-0.05, 0) is 31.6 Å². The Balaban J connectivity index is 1.68. The zero-order valence-electron chi connectivity index (χ0n) is 10.9. The Hall–Kier alpha value is -0.940. The van der Waals surface area contributed by atoms with Crippen molar-refractivity contribution in [2.75, 3.05) is 7.11 Å². The highest BCUT2D eigenvalue weighted by Gasteiger charge is 2.37. The van der Waals surface area contributed by atoms with E-state index in [0.29, 0.717) is 24.1 Å². The van der Waals surface area contributed by atoms with Crippen LogP contribution < -0.4 is 5.73 Å². The molecule has 1 heterocycles. The van der Waals surface area contributed by atoms with Gasteiger partial charge in [-0.2, -0.15) is 4.98 Å². The number of aromatic nitrogens is 2. The maximum Gasteiger partial charge on any atom is 0.228 e. The molecule has 0 bridgehead atoms. The molecule has 2 aliphatic carbocycles. The first-order valence-corrected chi connectivity index (χ1v) is 6.84. The second kappa shape index (κ2) is 4.63. The minimum Gasteiger partial charge on any atom is -0.373 e. The van der Waals surface area contributed by atoms with E-state index in [1.165, 1.54) is 25.7 Å². The van der Waals surface area contributed by atoms with Crippen LogP contribution >= 0.6 is 0 Å². The van der Waals surface area contributed by atoms with E-state index in [4.69, 9.17) is 15.0 Å². The highest BCUT2D eigenvalue weighted by Crippen LogP contribution is 2.42. The van der Waals surface area contributed by atoms with Crippen LogP contribution in [0.3, 0.4) is 0 Å². The van der Waals surface area contributed by atoms with Crippen LogP contribution in [-0.4, -0.2) is 22.8 Å². The summed E-state index contributed by atoms with van der Waals surface area (Å²) in [5, 5.41) is 4.06. The lowest BCUT2D eigenvalue weighted by Crippen LogP contribution is -2.38. The van der Waals surface area contributed by atoms with Gasteiger partial charge in [-0.25, -0.2) is 0 Å². The molecule has 1 atom stereocenters. The van der Waals surface area contributed by atoms with Crippen molar-refractivity contribution in [2.45, 2.75) is 56.6 Å². The Labute approximate surface area is 107 Å². The summed E-state index contributed by atoms with van der Waals surface area (Å²) in [6.45, 7) is 0. The Morgan fingerprint density at radius 2 is 2.17 bits per heavy atom. The molecule has 0 spiro atoms. The van der Waals surface area contributed by atoms with Crippen molar-refractivity contribution in [3.63, 3.8) is 0 Å². The largest absolute Gasteiger partial charge is 0.373 e. The first-order valence-electron chi connectivity index (χ1n) is 6.84. The molecule has 0 aliphatic heterocycles. The molecule has 2 aliphatic rings. The van der Waals surface area contributed by atoms with E-state index in [1.807, 2.05) is 0 Å². The van der Waals surface area contributed by atoms with Gasteiger partial charge in [0.05, 0.1) is 0 Å². The van der Waals surface area contributed by atoms with Gasteiger partial charge in [-0.15, -0.1) is 0 Å². The van der Waals surface area contributed by atoms with Crippen LogP contribution in [0.2, 0.25) is 0 Å². The van der Waals surface area contributed by atoms with Crippen molar-refractivity contribution in [1.82, 2.24) is 10.1 Å². The van der Waals surface area contributed by atoms with Gasteiger partial charge in [-0.1, -0.05) is 18.0 Å². The molecule has 5 heteroatoms. The highest BCUT2D eigenvalue weighted by molar-refractivity contribution is 5.02. The predicted octanol–water partition coefficient (Wildman–Crippen LogP) is 1.98. The predicted molar refractivity (Wildman–Crippen MR) is 65.9 cm³/mol. The lowest BCUT2D eigenvalue weighted by Gasteiger charge is -2.20. The van der Waals surface area contributed by atoms with Gasteiger partial charge in [0.15, 0.2) is 0 Å². The van der Waals surface area contributed by atoms with Crippen LogP contribution in [0.25, 0.3) is 0 Å². The normalized spacial score (nSPS) is 24.3. The quantitative estimate of drug-likeness (QED) is 0.866. The standard InChI is InChI=1S/C13H21N3O2/c1-17-11(9-4-5-9)12-15-10(18-16-12)8-13(14)6-2-3-7-13/h9,11H,2-8,14H2,1H3. The van der Waals surface area contributed by atoms with Crippen molar-refractivity contribution in [1.29, 1.82) is 0 Å². The maximum atomic E-state index is 6.32. The molecule has 2 saturated carbocycles. The van der Waals surface area contributed by atoms with Gasteiger partial charge in [0.2, 0.25) is 11.7 Å². The smallest absolute Gasteiger partial charge is 0.228 e. The summed E-state index contributed by atoms with van der Waals surface area (Å²) in [6, 6.07) is 0. The minimum atomic E-state index is -0.133. The van der Waals surface area contributed by atoms with E-state index >= 15 is 0 Å². The average Bonchev–Trinajstić information content (AvgIpc) is 2.93. The third-order valence-electron chi connectivity index (χ3n) is 4.14. The summed E-state index contributed by atoms with van der Waals surface area (Å²) in [5.41, 5.74) is 6.19. The zero-order valence-corrected chi connectivity index (χ0v) is 10.9. The van der Waals surface area contributed by atoms with Crippen molar-refractivity contribution in [2.24, 2.45) is 11.7 Å². The molecule has 5 nitrogen and oxygen atoms in total. The Morgan fingerprint density at radius 3 is 2.78 bits per heavy atom. The summed E-state index contributed by atoms with van der Waals surface area (Å²) in [4.78, 5) is 4.47. The third-order valence-corrected chi connectivity index (χ3v) is 4.14. The van der Waals surface area contributed by atoms with Gasteiger partial charge in [-0.3, -0.25) is 0 Å². The molecule has 3 rings (SSSR count). The topological polar surface area (TPSA) is 74.2 Å². The summed E-state index contributed by atoms with van der Waals surface area (Å²) in [5.74, 6) is 1.92. The molecule has 18 heavy (non-hydrogen) atoms. The monoisotopic (exact) mass is 251 g/mol. The van der Waals surface area contributed by atoms with Crippen molar-refractivity contribution in [3.05, 3.63) is 11.7 Å². The van der Waals surface area contributed by atoms with E-state index in [0.717, 1.165) is 12.8 Å². The molecule has 2 N–H and O–H groups in total. The van der Waals surface area contributed by atoms with Gasteiger partial charge in [0.25, 0.3) is 0 Å². The summed E-state index contributed by atoms with van der Waals surface area (Å²) < 4.78 is 10.8. The van der Waals surface area contributed by atoms with Crippen LogP contribution in [0, 0.1) is 5.92 Å². The molecule has 1 aromatic heterocycles. The van der Waals surface area contributed by atoms with Crippen LogP contribution in [0.5, 0.6) is 0 Å². The molecule has 100 valence electrons. The fourth-order valence-corrected chi connectivity index (χ4v) is 2.92. The maximum absolute atomic E-state index is 6.32. The summed E-state index contributed by atoms with van der Waals surface area (Å²) in [7, 11) is 1.71. The Morgan fingerprint density at radius 1 is 1.44 bits per heavy atom. The number of nitrogens with two attached hydrogens (primary N) is 1. The zero-order chi connectivity index (χ0) is 12.6. The SMILES string of the molecule is COC(c1noc(CC2(N)CCCC2)n1)C1CC1. The van der Waals surface area contributed by atoms with Crippen molar-refractivity contribution in [3.8, 4) is 0 Å². The Bertz CT molecular complexity index is 408. The van der Waals surface area contributed by atoms with Crippen LogP contribution in [0.15, 0.2) is 4.52 Å². The molecule has 0 radical (unpaired) electrons. The van der Waals surface area contributed by atoms with E-state index in [1.54, 1.807) is 7.11 Å². The second-order valence-electron chi connectivity index (χ2n) is 5.79. The number of methoxy groups -OCH3 is 1. The lowest BCUT2D eigenvalue weighted by molar-refractivity contribution is 0.0751. The number of rotatable bonds is 5. The van der Waals surface area contributed by atoms with E-state index in [-0.39, 0.29) is 11.6 Å². The van der Waals surface area contributed by atoms with Gasteiger partial charge < -0.3 is 15.0 Å². The second-order valence-corrected chi connectivity index (χ2v) is 5.79. The van der Waals surface area contributed by atoms with Gasteiger partial charge in [0.1, 0.15) is 6.10 Å². The van der Waals surface area contributed by atoms with Crippen molar-refractivity contribution < 1.29 is 9.26 Å². The van der Waals surface area contributed by atoms with Gasteiger partial charge in [0, 0.05) is 19.1 Å². The first-order chi connectivity index (χ1) is 8.70. The molecule has 1 aromatic rings. The number of hydrogen-bond donors (Lipinski definition) is 1. The van der Waals surface area contributed by atoms with E-state index in [9.17, 15) is 0 Å². The molecule has 0 saturated heterocycles. The molecule has 0 amide bonds. The van der Waals surface area contributed by atoms with Crippen molar-refractivity contribution >= 4 is 0 Å². The molecule has 0 aromatic carbocycles. The van der Waals surface area contributed by atoms with E-state index < -0.39 is 0 Å². The third kappa shape index (κ3) is 2.42. The Kier molecular flexibility index (Phi) is 3.11. The number of nitrogens with zero attached hydrogens (tertiary/aromatic N) is 2. The molecular formula is C13H21N3O2. The lowest BCUT2D eigenvalue weighted by atomic mass is 9.95. The minimum absolute atomic E-state index is 0.000183. The number of hydrogen-bond acceptors (Lipinski definition) is 5. The molecular weight excluding hydrogens is 230 g/mol. The number of ether oxygens (including phenoxy) is 1. The first kappa shape index (κ1) is 12.1. The van der Waals surface area contributed by atoms with Crippen LogP contribution in [0.1, 0.15) is 56.3 Å². The van der Waals surface area contributed by atoms with Gasteiger partial charge >= 0.3 is 0 Å². The molecule has 2 fully saturated rings. The average molecular weight is 251 g/mol. The fourth-order valence-electron chi connectivity index (χ4n) is 2.92. The van der Waals surface area contributed by atoms with Crippen LogP contribution in [-0.2, 0) is 11.2 Å².